The molecule has 0 amide bonds. The van der Waals surface area contributed by atoms with E-state index in [1.165, 1.54) is 0 Å². The Morgan fingerprint density at radius 3 is 2.75 bits per heavy atom. The molecular weight excluding hydrogens is 270 g/mol. The van der Waals surface area contributed by atoms with E-state index < -0.39 is 0 Å². The molecule has 86 valence electrons. The van der Waals surface area contributed by atoms with Crippen LogP contribution in [0.4, 0.5) is 0 Å². The third kappa shape index (κ3) is 2.49. The van der Waals surface area contributed by atoms with Gasteiger partial charge in [-0.2, -0.15) is 5.10 Å². The predicted octanol–water partition coefficient (Wildman–Crippen LogP) is 2.00. The Labute approximate surface area is 103 Å². The van der Waals surface area contributed by atoms with Crippen LogP contribution in [-0.4, -0.2) is 24.8 Å². The fourth-order valence-electron chi connectivity index (χ4n) is 1.42. The van der Waals surface area contributed by atoms with E-state index in [2.05, 4.69) is 38.3 Å². The van der Waals surface area contributed by atoms with E-state index in [0.717, 1.165) is 17.8 Å². The molecule has 0 saturated carbocycles. The van der Waals surface area contributed by atoms with E-state index in [1.807, 2.05) is 34.9 Å². The lowest BCUT2D eigenvalue weighted by Gasteiger charge is -1.96. The van der Waals surface area contributed by atoms with Crippen LogP contribution in [-0.2, 0) is 13.1 Å². The molecule has 0 N–H and O–H groups in total. The van der Waals surface area contributed by atoms with E-state index >= 15 is 0 Å². The van der Waals surface area contributed by atoms with Crippen LogP contribution in [0.15, 0.2) is 18.6 Å². The first-order valence-electron chi connectivity index (χ1n) is 5.24. The highest BCUT2D eigenvalue weighted by molar-refractivity contribution is 9.09. The van der Waals surface area contributed by atoms with Crippen LogP contribution < -0.4 is 0 Å². The van der Waals surface area contributed by atoms with Gasteiger partial charge in [-0.3, -0.25) is 4.68 Å². The molecule has 0 aliphatic heterocycles. The summed E-state index contributed by atoms with van der Waals surface area (Å²) in [6.07, 6.45) is 5.84. The van der Waals surface area contributed by atoms with Crippen LogP contribution in [0.25, 0.3) is 0 Å². The third-order valence-corrected chi connectivity index (χ3v) is 2.79. The van der Waals surface area contributed by atoms with Crippen molar-refractivity contribution >= 4 is 15.9 Å². The Balaban J connectivity index is 2.08. The van der Waals surface area contributed by atoms with Gasteiger partial charge in [-0.15, -0.1) is 5.10 Å². The maximum absolute atomic E-state index is 4.22. The van der Waals surface area contributed by atoms with Crippen molar-refractivity contribution in [2.75, 3.05) is 0 Å². The Kier molecular flexibility index (Phi) is 3.38. The fourth-order valence-corrected chi connectivity index (χ4v) is 1.63. The Hall–Kier alpha value is -1.17. The predicted molar refractivity (Wildman–Crippen MR) is 64.4 cm³/mol. The zero-order chi connectivity index (χ0) is 11.5. The van der Waals surface area contributed by atoms with Gasteiger partial charge >= 0.3 is 0 Å². The lowest BCUT2D eigenvalue weighted by Crippen LogP contribution is -1.99. The summed E-state index contributed by atoms with van der Waals surface area (Å²) in [7, 11) is 0. The molecule has 1 unspecified atom stereocenters. The van der Waals surface area contributed by atoms with Crippen molar-refractivity contribution < 1.29 is 0 Å². The summed E-state index contributed by atoms with van der Waals surface area (Å²) >= 11 is 3.46. The molecule has 0 bridgehead atoms. The third-order valence-electron chi connectivity index (χ3n) is 2.32. The number of aromatic nitrogens is 5. The minimum absolute atomic E-state index is 0.236. The maximum atomic E-state index is 4.22. The monoisotopic (exact) mass is 283 g/mol. The van der Waals surface area contributed by atoms with Gasteiger partial charge in [0.05, 0.1) is 23.3 Å². The van der Waals surface area contributed by atoms with Crippen molar-refractivity contribution in [3.05, 3.63) is 29.8 Å². The van der Waals surface area contributed by atoms with Gasteiger partial charge in [-0.1, -0.05) is 21.1 Å². The zero-order valence-corrected chi connectivity index (χ0v) is 10.9. The summed E-state index contributed by atoms with van der Waals surface area (Å²) in [4.78, 5) is 0.236. The van der Waals surface area contributed by atoms with E-state index in [9.17, 15) is 0 Å². The number of hydrogen-bond acceptors (Lipinski definition) is 3. The molecule has 0 spiro atoms. The van der Waals surface area contributed by atoms with Crippen molar-refractivity contribution in [2.24, 2.45) is 0 Å². The molecule has 0 aliphatic carbocycles. The average Bonchev–Trinajstić information content (AvgIpc) is 2.87. The molecule has 0 fully saturated rings. The van der Waals surface area contributed by atoms with Gasteiger partial charge in [-0.25, -0.2) is 4.68 Å². The molecule has 2 heterocycles. The molecule has 2 aromatic heterocycles. The van der Waals surface area contributed by atoms with Gasteiger partial charge < -0.3 is 0 Å². The van der Waals surface area contributed by atoms with Crippen molar-refractivity contribution in [2.45, 2.75) is 31.8 Å². The molecule has 0 radical (unpaired) electrons. The van der Waals surface area contributed by atoms with E-state index in [1.54, 1.807) is 0 Å². The van der Waals surface area contributed by atoms with Gasteiger partial charge in [0.1, 0.15) is 0 Å². The number of hydrogen-bond donors (Lipinski definition) is 0. The highest BCUT2D eigenvalue weighted by Gasteiger charge is 2.07. The summed E-state index contributed by atoms with van der Waals surface area (Å²) in [6, 6.07) is 0. The summed E-state index contributed by atoms with van der Waals surface area (Å²) in [5.41, 5.74) is 2.09. The summed E-state index contributed by atoms with van der Waals surface area (Å²) < 4.78 is 3.73. The molecule has 1 atom stereocenters. The molecule has 0 aromatic carbocycles. The van der Waals surface area contributed by atoms with Gasteiger partial charge in [0, 0.05) is 24.5 Å². The van der Waals surface area contributed by atoms with E-state index in [-0.39, 0.29) is 4.83 Å². The number of nitrogens with zero attached hydrogens (tertiary/aromatic N) is 5. The first kappa shape index (κ1) is 11.3. The second-order valence-electron chi connectivity index (χ2n) is 3.66. The second-order valence-corrected chi connectivity index (χ2v) is 5.03. The minimum atomic E-state index is 0.236. The lowest BCUT2D eigenvalue weighted by molar-refractivity contribution is 0.642. The SMILES string of the molecule is CCn1cc(Cn2cc(C(C)Br)nn2)cn1. The number of rotatable bonds is 4. The molecule has 0 saturated heterocycles. The van der Waals surface area contributed by atoms with Crippen LogP contribution >= 0.6 is 15.9 Å². The summed E-state index contributed by atoms with van der Waals surface area (Å²) in [5.74, 6) is 0. The number of aryl methyl sites for hydroxylation is 1. The largest absolute Gasteiger partial charge is 0.273 e. The van der Waals surface area contributed by atoms with Crippen molar-refractivity contribution in [3.63, 3.8) is 0 Å². The van der Waals surface area contributed by atoms with E-state index in [0.29, 0.717) is 6.54 Å². The molecule has 6 heteroatoms. The molecular formula is C10H14BrN5. The number of halogens is 1. The van der Waals surface area contributed by atoms with Crippen LogP contribution in [0.5, 0.6) is 0 Å². The lowest BCUT2D eigenvalue weighted by atomic mass is 10.3. The molecule has 2 aromatic rings. The topological polar surface area (TPSA) is 48.5 Å². The van der Waals surface area contributed by atoms with Crippen molar-refractivity contribution in [1.29, 1.82) is 0 Å². The van der Waals surface area contributed by atoms with Crippen LogP contribution in [0.2, 0.25) is 0 Å². The van der Waals surface area contributed by atoms with Crippen LogP contribution in [0.3, 0.4) is 0 Å². The summed E-state index contributed by atoms with van der Waals surface area (Å²) in [5, 5.41) is 12.4. The molecule has 5 nitrogen and oxygen atoms in total. The Morgan fingerprint density at radius 2 is 2.19 bits per heavy atom. The standard InChI is InChI=1S/C10H14BrN5/c1-3-15-5-9(4-12-15)6-16-7-10(8(2)11)13-14-16/h4-5,7-8H,3,6H2,1-2H3. The Morgan fingerprint density at radius 1 is 1.38 bits per heavy atom. The molecule has 2 rings (SSSR count). The first-order chi connectivity index (χ1) is 7.69. The molecule has 0 aliphatic rings. The average molecular weight is 284 g/mol. The number of alkyl halides is 1. The van der Waals surface area contributed by atoms with Crippen molar-refractivity contribution in [3.8, 4) is 0 Å². The quantitative estimate of drug-likeness (QED) is 0.807. The second kappa shape index (κ2) is 4.78. The van der Waals surface area contributed by atoms with E-state index in [4.69, 9.17) is 0 Å². The van der Waals surface area contributed by atoms with Crippen LogP contribution in [0, 0.1) is 0 Å². The normalized spacial score (nSPS) is 12.9. The minimum Gasteiger partial charge on any atom is -0.273 e. The summed E-state index contributed by atoms with van der Waals surface area (Å²) in [6.45, 7) is 5.70. The molecule has 16 heavy (non-hydrogen) atoms. The van der Waals surface area contributed by atoms with Gasteiger partial charge in [0.25, 0.3) is 0 Å². The smallest absolute Gasteiger partial charge is 0.0960 e. The maximum Gasteiger partial charge on any atom is 0.0960 e. The van der Waals surface area contributed by atoms with Gasteiger partial charge in [-0.05, 0) is 13.8 Å². The van der Waals surface area contributed by atoms with Gasteiger partial charge in [0.15, 0.2) is 0 Å². The first-order valence-corrected chi connectivity index (χ1v) is 6.16. The highest BCUT2D eigenvalue weighted by atomic mass is 79.9. The van der Waals surface area contributed by atoms with Gasteiger partial charge in [0.2, 0.25) is 0 Å². The fraction of sp³-hybridized carbons (Fsp3) is 0.500. The van der Waals surface area contributed by atoms with Crippen LogP contribution in [0.1, 0.15) is 29.9 Å². The van der Waals surface area contributed by atoms with Crippen molar-refractivity contribution in [1.82, 2.24) is 24.8 Å². The zero-order valence-electron chi connectivity index (χ0n) is 9.34. The Bertz CT molecular complexity index is 459. The highest BCUT2D eigenvalue weighted by Crippen LogP contribution is 2.18.